The summed E-state index contributed by atoms with van der Waals surface area (Å²) in [5.74, 6) is 1.54. The van der Waals surface area contributed by atoms with Gasteiger partial charge in [-0.3, -0.25) is 4.98 Å². The van der Waals surface area contributed by atoms with Gasteiger partial charge >= 0.3 is 0 Å². The largest absolute Gasteiger partial charge is 0.496 e. The van der Waals surface area contributed by atoms with Crippen molar-refractivity contribution in [1.82, 2.24) is 10.3 Å². The number of hydrogen-bond donors (Lipinski definition) is 1. The van der Waals surface area contributed by atoms with E-state index in [2.05, 4.69) is 17.2 Å². The Hall–Kier alpha value is -0.800. The molecule has 1 heterocycles. The summed E-state index contributed by atoms with van der Waals surface area (Å²) < 4.78 is 5.44. The molecule has 0 bridgehead atoms. The highest BCUT2D eigenvalue weighted by molar-refractivity contribution is 6.20. The average Bonchev–Trinajstić information content (AvgIpc) is 2.44. The highest BCUT2D eigenvalue weighted by Gasteiger charge is 2.22. The van der Waals surface area contributed by atoms with E-state index in [0.717, 1.165) is 42.1 Å². The standard InChI is InChI=1S/C16H25ClN2O/c1-11-8-19-15(12(2)16(11)20-3)10-18-9-13-6-4-5-7-14(13)17/h8,13-14,18H,4-7,9-10H2,1-3H3. The number of methoxy groups -OCH3 is 1. The van der Waals surface area contributed by atoms with E-state index in [1.54, 1.807) is 7.11 Å². The molecule has 0 saturated heterocycles. The number of aryl methyl sites for hydroxylation is 1. The fourth-order valence-electron chi connectivity index (χ4n) is 3.02. The number of rotatable bonds is 5. The van der Waals surface area contributed by atoms with Gasteiger partial charge < -0.3 is 10.1 Å². The van der Waals surface area contributed by atoms with Crippen LogP contribution in [0.3, 0.4) is 0 Å². The lowest BCUT2D eigenvalue weighted by atomic mass is 9.89. The van der Waals surface area contributed by atoms with Crippen LogP contribution >= 0.6 is 11.6 Å². The summed E-state index contributed by atoms with van der Waals surface area (Å²) in [7, 11) is 1.71. The van der Waals surface area contributed by atoms with Gasteiger partial charge in [-0.2, -0.15) is 0 Å². The van der Waals surface area contributed by atoms with Gasteiger partial charge in [-0.1, -0.05) is 12.8 Å². The van der Waals surface area contributed by atoms with Gasteiger partial charge in [-0.15, -0.1) is 11.6 Å². The van der Waals surface area contributed by atoms with Crippen LogP contribution in [0.1, 0.15) is 42.5 Å². The van der Waals surface area contributed by atoms with Crippen LogP contribution in [-0.2, 0) is 6.54 Å². The quantitative estimate of drug-likeness (QED) is 0.843. The monoisotopic (exact) mass is 296 g/mol. The van der Waals surface area contributed by atoms with Crippen LogP contribution in [0.15, 0.2) is 6.20 Å². The van der Waals surface area contributed by atoms with E-state index >= 15 is 0 Å². The predicted octanol–water partition coefficient (Wildman–Crippen LogP) is 3.59. The summed E-state index contributed by atoms with van der Waals surface area (Å²) in [5.41, 5.74) is 3.28. The van der Waals surface area contributed by atoms with Gasteiger partial charge in [0, 0.05) is 29.2 Å². The van der Waals surface area contributed by atoms with E-state index in [-0.39, 0.29) is 0 Å². The molecular formula is C16H25ClN2O. The Morgan fingerprint density at radius 3 is 2.80 bits per heavy atom. The van der Waals surface area contributed by atoms with E-state index in [4.69, 9.17) is 16.3 Å². The molecular weight excluding hydrogens is 272 g/mol. The van der Waals surface area contributed by atoms with Gasteiger partial charge in [0.15, 0.2) is 0 Å². The molecule has 1 saturated carbocycles. The number of aromatic nitrogens is 1. The predicted molar refractivity (Wildman–Crippen MR) is 83.6 cm³/mol. The van der Waals surface area contributed by atoms with Gasteiger partial charge in [0.1, 0.15) is 5.75 Å². The summed E-state index contributed by atoms with van der Waals surface area (Å²) >= 11 is 6.39. The van der Waals surface area contributed by atoms with E-state index < -0.39 is 0 Å². The first-order chi connectivity index (χ1) is 9.63. The Kier molecular flexibility index (Phi) is 5.67. The summed E-state index contributed by atoms with van der Waals surface area (Å²) in [5, 5.41) is 3.84. The zero-order chi connectivity index (χ0) is 14.5. The molecule has 1 aliphatic carbocycles. The first kappa shape index (κ1) is 15.6. The first-order valence-corrected chi connectivity index (χ1v) is 7.91. The normalized spacial score (nSPS) is 22.8. The lowest BCUT2D eigenvalue weighted by molar-refractivity contribution is 0.347. The molecule has 2 unspecified atom stereocenters. The Bertz CT molecular complexity index is 450. The average molecular weight is 297 g/mol. The molecule has 1 fully saturated rings. The van der Waals surface area contributed by atoms with Gasteiger partial charge in [0.2, 0.25) is 0 Å². The zero-order valence-electron chi connectivity index (χ0n) is 12.7. The molecule has 0 amide bonds. The summed E-state index contributed by atoms with van der Waals surface area (Å²) in [6, 6.07) is 0. The third-order valence-electron chi connectivity index (χ3n) is 4.27. The zero-order valence-corrected chi connectivity index (χ0v) is 13.5. The lowest BCUT2D eigenvalue weighted by Gasteiger charge is -2.27. The second-order valence-electron chi connectivity index (χ2n) is 5.74. The summed E-state index contributed by atoms with van der Waals surface area (Å²) in [6.45, 7) is 5.85. The van der Waals surface area contributed by atoms with Crippen LogP contribution in [0, 0.1) is 19.8 Å². The summed E-state index contributed by atoms with van der Waals surface area (Å²) in [4.78, 5) is 4.51. The van der Waals surface area contributed by atoms with Crippen LogP contribution in [0.2, 0.25) is 0 Å². The van der Waals surface area contributed by atoms with Crippen molar-refractivity contribution in [1.29, 1.82) is 0 Å². The van der Waals surface area contributed by atoms with Crippen molar-refractivity contribution in [3.05, 3.63) is 23.0 Å². The van der Waals surface area contributed by atoms with Gasteiger partial charge in [0.25, 0.3) is 0 Å². The Labute approximate surface area is 127 Å². The minimum absolute atomic E-state index is 0.331. The maximum Gasteiger partial charge on any atom is 0.128 e. The highest BCUT2D eigenvalue weighted by atomic mass is 35.5. The van der Waals surface area contributed by atoms with Crippen LogP contribution < -0.4 is 10.1 Å². The Morgan fingerprint density at radius 2 is 2.10 bits per heavy atom. The second kappa shape index (κ2) is 7.28. The molecule has 0 aromatic carbocycles. The van der Waals surface area contributed by atoms with Gasteiger partial charge in [-0.05, 0) is 39.2 Å². The number of ether oxygens (including phenoxy) is 1. The minimum atomic E-state index is 0.331. The van der Waals surface area contributed by atoms with Crippen molar-refractivity contribution in [3.63, 3.8) is 0 Å². The van der Waals surface area contributed by atoms with Gasteiger partial charge in [-0.25, -0.2) is 0 Å². The molecule has 2 atom stereocenters. The molecule has 0 radical (unpaired) electrons. The minimum Gasteiger partial charge on any atom is -0.496 e. The third-order valence-corrected chi connectivity index (χ3v) is 4.84. The fourth-order valence-corrected chi connectivity index (χ4v) is 3.39. The highest BCUT2D eigenvalue weighted by Crippen LogP contribution is 2.28. The number of nitrogens with zero attached hydrogens (tertiary/aromatic N) is 1. The van der Waals surface area contributed by atoms with Crippen LogP contribution in [-0.4, -0.2) is 24.0 Å². The SMILES string of the molecule is COc1c(C)cnc(CNCC2CCCCC2Cl)c1C. The number of nitrogens with one attached hydrogen (secondary N) is 1. The second-order valence-corrected chi connectivity index (χ2v) is 6.30. The topological polar surface area (TPSA) is 34.1 Å². The molecule has 0 spiro atoms. The summed E-state index contributed by atoms with van der Waals surface area (Å²) in [6.07, 6.45) is 6.87. The molecule has 0 aliphatic heterocycles. The molecule has 4 heteroatoms. The molecule has 112 valence electrons. The van der Waals surface area contributed by atoms with E-state index in [0.29, 0.717) is 11.3 Å². The van der Waals surface area contributed by atoms with Crippen molar-refractivity contribution in [3.8, 4) is 5.75 Å². The molecule has 20 heavy (non-hydrogen) atoms. The van der Waals surface area contributed by atoms with Crippen molar-refractivity contribution < 1.29 is 4.74 Å². The molecule has 3 nitrogen and oxygen atoms in total. The van der Waals surface area contributed by atoms with Crippen molar-refractivity contribution >= 4 is 11.6 Å². The number of alkyl halides is 1. The number of hydrogen-bond acceptors (Lipinski definition) is 3. The molecule has 2 rings (SSSR count). The van der Waals surface area contributed by atoms with E-state index in [9.17, 15) is 0 Å². The Balaban J connectivity index is 1.91. The van der Waals surface area contributed by atoms with Gasteiger partial charge in [0.05, 0.1) is 12.8 Å². The maximum absolute atomic E-state index is 6.39. The van der Waals surface area contributed by atoms with Crippen molar-refractivity contribution in [2.45, 2.75) is 51.5 Å². The lowest BCUT2D eigenvalue weighted by Crippen LogP contribution is -2.31. The maximum atomic E-state index is 6.39. The van der Waals surface area contributed by atoms with E-state index in [1.165, 1.54) is 19.3 Å². The Morgan fingerprint density at radius 1 is 1.35 bits per heavy atom. The first-order valence-electron chi connectivity index (χ1n) is 7.47. The number of halogens is 1. The van der Waals surface area contributed by atoms with E-state index in [1.807, 2.05) is 13.1 Å². The molecule has 1 N–H and O–H groups in total. The van der Waals surface area contributed by atoms with Crippen molar-refractivity contribution in [2.75, 3.05) is 13.7 Å². The van der Waals surface area contributed by atoms with Crippen molar-refractivity contribution in [2.24, 2.45) is 5.92 Å². The fraction of sp³-hybridized carbons (Fsp3) is 0.688. The van der Waals surface area contributed by atoms with Crippen LogP contribution in [0.25, 0.3) is 0 Å². The van der Waals surface area contributed by atoms with Crippen LogP contribution in [0.4, 0.5) is 0 Å². The smallest absolute Gasteiger partial charge is 0.128 e. The third kappa shape index (κ3) is 3.64. The number of pyridine rings is 1. The van der Waals surface area contributed by atoms with Crippen LogP contribution in [0.5, 0.6) is 5.75 Å². The molecule has 1 aromatic rings. The molecule has 1 aliphatic rings. The molecule has 1 aromatic heterocycles.